The highest BCUT2D eigenvalue weighted by Crippen LogP contribution is 2.05. The molecule has 2 N–H and O–H groups in total. The molecule has 0 saturated heterocycles. The molecule has 0 heterocycles. The fraction of sp³-hybridized carbons (Fsp3) is 0.750. The molecule has 0 radical (unpaired) electrons. The molecule has 1 amide bonds. The number of thioether (sulfide) groups is 1. The average molecular weight is 221 g/mol. The first kappa shape index (κ1) is 13.2. The highest BCUT2D eigenvalue weighted by molar-refractivity contribution is 7.99. The number of carboxylic acids is 1. The summed E-state index contributed by atoms with van der Waals surface area (Å²) in [6, 6.07) is 0. The van der Waals surface area contributed by atoms with Crippen molar-refractivity contribution < 1.29 is 19.4 Å². The number of nitrogens with one attached hydrogen (secondary N) is 1. The van der Waals surface area contributed by atoms with Gasteiger partial charge in [-0.3, -0.25) is 4.79 Å². The quantitative estimate of drug-likeness (QED) is 0.658. The Bertz CT molecular complexity index is 221. The number of aliphatic carboxylic acids is 1. The van der Waals surface area contributed by atoms with Crippen LogP contribution >= 0.6 is 11.8 Å². The van der Waals surface area contributed by atoms with Crippen molar-refractivity contribution in [2.75, 3.05) is 25.7 Å². The van der Waals surface area contributed by atoms with Crippen molar-refractivity contribution in [3.05, 3.63) is 0 Å². The highest BCUT2D eigenvalue weighted by Gasteiger charge is 2.34. The van der Waals surface area contributed by atoms with Crippen molar-refractivity contribution in [2.24, 2.45) is 0 Å². The van der Waals surface area contributed by atoms with Crippen molar-refractivity contribution in [3.8, 4) is 0 Å². The molecule has 6 heteroatoms. The van der Waals surface area contributed by atoms with E-state index in [2.05, 4.69) is 5.32 Å². The van der Waals surface area contributed by atoms with Crippen LogP contribution in [0.25, 0.3) is 0 Å². The average Bonchev–Trinajstić information content (AvgIpc) is 2.04. The lowest BCUT2D eigenvalue weighted by Crippen LogP contribution is -2.55. The predicted molar refractivity (Wildman–Crippen MR) is 54.4 cm³/mol. The van der Waals surface area contributed by atoms with E-state index in [0.29, 0.717) is 0 Å². The van der Waals surface area contributed by atoms with E-state index in [1.807, 2.05) is 0 Å². The number of methoxy groups -OCH3 is 1. The smallest absolute Gasteiger partial charge is 0.331 e. The number of carbonyl (C=O) groups excluding carboxylic acids is 1. The summed E-state index contributed by atoms with van der Waals surface area (Å²) < 4.78 is 4.74. The van der Waals surface area contributed by atoms with Crippen LogP contribution in [0.15, 0.2) is 0 Å². The first-order valence-electron chi connectivity index (χ1n) is 3.98. The van der Waals surface area contributed by atoms with Gasteiger partial charge in [0.25, 0.3) is 0 Å². The van der Waals surface area contributed by atoms with Crippen LogP contribution in [0.3, 0.4) is 0 Å². The number of carboxylic acid groups (broad SMARTS) is 1. The van der Waals surface area contributed by atoms with Crippen LogP contribution in [-0.4, -0.2) is 48.2 Å². The van der Waals surface area contributed by atoms with Crippen LogP contribution in [0.1, 0.15) is 6.92 Å². The van der Waals surface area contributed by atoms with Crippen LogP contribution in [-0.2, 0) is 14.3 Å². The van der Waals surface area contributed by atoms with Crippen LogP contribution in [0.2, 0.25) is 0 Å². The molecular formula is C8H15NO4S. The Balaban J connectivity index is 4.36. The molecule has 14 heavy (non-hydrogen) atoms. The molecule has 0 saturated carbocycles. The maximum absolute atomic E-state index is 11.2. The van der Waals surface area contributed by atoms with Gasteiger partial charge in [0.2, 0.25) is 5.91 Å². The van der Waals surface area contributed by atoms with Crippen molar-refractivity contribution in [1.29, 1.82) is 0 Å². The summed E-state index contributed by atoms with van der Waals surface area (Å²) in [5.74, 6) is -1.17. The van der Waals surface area contributed by atoms with Gasteiger partial charge in [-0.25, -0.2) is 4.79 Å². The third-order valence-electron chi connectivity index (χ3n) is 1.60. The largest absolute Gasteiger partial charge is 0.479 e. The minimum atomic E-state index is -1.35. The maximum Gasteiger partial charge on any atom is 0.331 e. The van der Waals surface area contributed by atoms with Crippen LogP contribution < -0.4 is 5.32 Å². The maximum atomic E-state index is 11.2. The highest BCUT2D eigenvalue weighted by atomic mass is 32.2. The zero-order valence-corrected chi connectivity index (χ0v) is 9.31. The van der Waals surface area contributed by atoms with E-state index in [9.17, 15) is 9.59 Å². The van der Waals surface area contributed by atoms with Crippen LogP contribution in [0.5, 0.6) is 0 Å². The lowest BCUT2D eigenvalue weighted by Gasteiger charge is -2.24. The predicted octanol–water partition coefficient (Wildman–Crippen LogP) is -0.0447. The van der Waals surface area contributed by atoms with E-state index in [-0.39, 0.29) is 18.3 Å². The molecule has 82 valence electrons. The van der Waals surface area contributed by atoms with Gasteiger partial charge in [0.15, 0.2) is 5.54 Å². The standard InChI is InChI=1S/C8H15NO4S/c1-8(5-13-2,7(11)12)9-6(10)4-14-3/h4-5H2,1-3H3,(H,9,10)(H,11,12). The van der Waals surface area contributed by atoms with Crippen molar-refractivity contribution >= 4 is 23.6 Å². The number of carbonyl (C=O) groups is 2. The van der Waals surface area contributed by atoms with Gasteiger partial charge in [-0.2, -0.15) is 11.8 Å². The van der Waals surface area contributed by atoms with Crippen LogP contribution in [0, 0.1) is 0 Å². The van der Waals surface area contributed by atoms with Gasteiger partial charge in [-0.15, -0.1) is 0 Å². The van der Waals surface area contributed by atoms with Gasteiger partial charge in [-0.1, -0.05) is 0 Å². The Labute approximate surface area is 87.2 Å². The Morgan fingerprint density at radius 2 is 2.14 bits per heavy atom. The van der Waals surface area contributed by atoms with E-state index >= 15 is 0 Å². The molecule has 0 aromatic carbocycles. The third kappa shape index (κ3) is 3.97. The molecule has 0 fully saturated rings. The zero-order valence-electron chi connectivity index (χ0n) is 8.49. The van der Waals surface area contributed by atoms with Gasteiger partial charge >= 0.3 is 5.97 Å². The third-order valence-corrected chi connectivity index (χ3v) is 2.15. The number of hydrogen-bond donors (Lipinski definition) is 2. The van der Waals surface area contributed by atoms with E-state index in [0.717, 1.165) is 0 Å². The van der Waals surface area contributed by atoms with Gasteiger partial charge < -0.3 is 15.2 Å². The van der Waals surface area contributed by atoms with Crippen molar-refractivity contribution in [2.45, 2.75) is 12.5 Å². The summed E-state index contributed by atoms with van der Waals surface area (Å²) in [6.07, 6.45) is 1.77. The Morgan fingerprint density at radius 1 is 1.57 bits per heavy atom. The number of ether oxygens (including phenoxy) is 1. The number of rotatable bonds is 6. The van der Waals surface area contributed by atoms with Crippen LogP contribution in [0.4, 0.5) is 0 Å². The SMILES string of the molecule is COCC(C)(NC(=O)CSC)C(=O)O. The van der Waals surface area contributed by atoms with Gasteiger partial charge in [0.05, 0.1) is 12.4 Å². The van der Waals surface area contributed by atoms with Gasteiger partial charge in [0.1, 0.15) is 0 Å². The van der Waals surface area contributed by atoms with E-state index in [4.69, 9.17) is 9.84 Å². The second kappa shape index (κ2) is 5.87. The second-order valence-electron chi connectivity index (χ2n) is 3.05. The van der Waals surface area contributed by atoms with Gasteiger partial charge in [0, 0.05) is 7.11 Å². The molecule has 0 aromatic rings. The molecule has 0 rings (SSSR count). The molecule has 0 bridgehead atoms. The van der Waals surface area contributed by atoms with Gasteiger partial charge in [-0.05, 0) is 13.2 Å². The monoisotopic (exact) mass is 221 g/mol. The summed E-state index contributed by atoms with van der Waals surface area (Å²) in [5, 5.41) is 11.3. The topological polar surface area (TPSA) is 75.6 Å². The minimum Gasteiger partial charge on any atom is -0.479 e. The van der Waals surface area contributed by atoms with E-state index < -0.39 is 11.5 Å². The first-order chi connectivity index (χ1) is 6.46. The minimum absolute atomic E-state index is 0.0531. The fourth-order valence-corrected chi connectivity index (χ4v) is 1.25. The molecular weight excluding hydrogens is 206 g/mol. The number of hydrogen-bond acceptors (Lipinski definition) is 4. The van der Waals surface area contributed by atoms with E-state index in [1.165, 1.54) is 25.8 Å². The lowest BCUT2D eigenvalue weighted by molar-refractivity contribution is -0.148. The molecule has 0 aliphatic rings. The summed E-state index contributed by atoms with van der Waals surface area (Å²) in [7, 11) is 1.39. The number of amides is 1. The van der Waals surface area contributed by atoms with Crippen molar-refractivity contribution in [3.63, 3.8) is 0 Å². The Hall–Kier alpha value is -0.750. The summed E-state index contributed by atoms with van der Waals surface area (Å²) >= 11 is 1.33. The molecule has 0 aliphatic carbocycles. The molecule has 0 spiro atoms. The molecule has 0 aromatic heterocycles. The summed E-state index contributed by atoms with van der Waals surface area (Å²) in [6.45, 7) is 1.36. The lowest BCUT2D eigenvalue weighted by atomic mass is 10.0. The zero-order chi connectivity index (χ0) is 11.2. The fourth-order valence-electron chi connectivity index (χ4n) is 0.915. The summed E-state index contributed by atoms with van der Waals surface area (Å²) in [4.78, 5) is 22.0. The molecule has 5 nitrogen and oxygen atoms in total. The molecule has 1 atom stereocenters. The molecule has 1 unspecified atom stereocenters. The van der Waals surface area contributed by atoms with Crippen molar-refractivity contribution in [1.82, 2.24) is 5.32 Å². The second-order valence-corrected chi connectivity index (χ2v) is 3.92. The first-order valence-corrected chi connectivity index (χ1v) is 5.38. The Kier molecular flexibility index (Phi) is 5.56. The Morgan fingerprint density at radius 3 is 2.50 bits per heavy atom. The molecule has 0 aliphatic heterocycles. The van der Waals surface area contributed by atoms with E-state index in [1.54, 1.807) is 6.26 Å². The summed E-state index contributed by atoms with van der Waals surface area (Å²) in [5.41, 5.74) is -1.35. The normalized spacial score (nSPS) is 14.5.